The van der Waals surface area contributed by atoms with E-state index in [4.69, 9.17) is 0 Å². The Labute approximate surface area is 98.7 Å². The average Bonchev–Trinajstić information content (AvgIpc) is 2.74. The van der Waals surface area contributed by atoms with E-state index in [1.54, 1.807) is 10.9 Å². The molecule has 90 valence electrons. The summed E-state index contributed by atoms with van der Waals surface area (Å²) in [4.78, 5) is 7.77. The van der Waals surface area contributed by atoms with Gasteiger partial charge in [-0.25, -0.2) is 14.4 Å². The maximum Gasteiger partial charge on any atom is 0.186 e. The van der Waals surface area contributed by atoms with Crippen LogP contribution >= 0.6 is 0 Å². The van der Waals surface area contributed by atoms with Crippen LogP contribution in [0.4, 0.5) is 10.2 Å². The van der Waals surface area contributed by atoms with Gasteiger partial charge in [-0.15, -0.1) is 0 Å². The lowest BCUT2D eigenvalue weighted by atomic mass is 10.3. The molecule has 2 rings (SSSR count). The molecule has 0 spiro atoms. The van der Waals surface area contributed by atoms with E-state index in [1.807, 2.05) is 20.0 Å². The molecule has 17 heavy (non-hydrogen) atoms. The van der Waals surface area contributed by atoms with Gasteiger partial charge in [-0.2, -0.15) is 5.10 Å². The van der Waals surface area contributed by atoms with Gasteiger partial charge >= 0.3 is 0 Å². The first-order valence-corrected chi connectivity index (χ1v) is 5.42. The molecule has 0 fully saturated rings. The Morgan fingerprint density at radius 3 is 2.88 bits per heavy atom. The second-order valence-electron chi connectivity index (χ2n) is 3.64. The van der Waals surface area contributed by atoms with Crippen molar-refractivity contribution >= 4 is 5.82 Å². The van der Waals surface area contributed by atoms with E-state index in [0.717, 1.165) is 5.69 Å². The fourth-order valence-electron chi connectivity index (χ4n) is 1.53. The summed E-state index contributed by atoms with van der Waals surface area (Å²) in [5.41, 5.74) is 1.38. The first-order valence-electron chi connectivity index (χ1n) is 5.42. The van der Waals surface area contributed by atoms with Gasteiger partial charge in [-0.3, -0.25) is 4.68 Å². The van der Waals surface area contributed by atoms with Crippen molar-refractivity contribution in [1.82, 2.24) is 19.7 Å². The smallest absolute Gasteiger partial charge is 0.186 e. The van der Waals surface area contributed by atoms with Crippen molar-refractivity contribution in [2.75, 3.05) is 5.32 Å². The van der Waals surface area contributed by atoms with Crippen LogP contribution in [0.2, 0.25) is 0 Å². The fraction of sp³-hybridized carbons (Fsp3) is 0.364. The third-order valence-corrected chi connectivity index (χ3v) is 2.56. The highest BCUT2D eigenvalue weighted by atomic mass is 19.1. The third kappa shape index (κ3) is 2.41. The zero-order valence-electron chi connectivity index (χ0n) is 9.81. The van der Waals surface area contributed by atoms with Gasteiger partial charge in [-0.05, 0) is 12.5 Å². The number of aromatic nitrogens is 4. The molecule has 0 atom stereocenters. The number of aryl methyl sites for hydroxylation is 2. The molecule has 0 aliphatic heterocycles. The van der Waals surface area contributed by atoms with Crippen molar-refractivity contribution in [2.24, 2.45) is 7.05 Å². The lowest BCUT2D eigenvalue weighted by molar-refractivity contribution is 0.595. The Kier molecular flexibility index (Phi) is 3.32. The predicted octanol–water partition coefficient (Wildman–Crippen LogP) is 1.52. The van der Waals surface area contributed by atoms with Crippen LogP contribution in [-0.4, -0.2) is 19.7 Å². The molecule has 0 radical (unpaired) electrons. The topological polar surface area (TPSA) is 55.6 Å². The van der Waals surface area contributed by atoms with Crippen molar-refractivity contribution in [3.63, 3.8) is 0 Å². The Morgan fingerprint density at radius 2 is 2.24 bits per heavy atom. The van der Waals surface area contributed by atoms with E-state index in [2.05, 4.69) is 20.4 Å². The fourth-order valence-corrected chi connectivity index (χ4v) is 1.53. The highest BCUT2D eigenvalue weighted by Gasteiger charge is 2.09. The Bertz CT molecular complexity index is 508. The van der Waals surface area contributed by atoms with Crippen LogP contribution in [0.15, 0.2) is 18.6 Å². The van der Waals surface area contributed by atoms with Gasteiger partial charge in [0, 0.05) is 13.2 Å². The minimum absolute atomic E-state index is 0.234. The molecule has 0 unspecified atom stereocenters. The number of nitrogens with zero attached hydrogens (tertiary/aromatic N) is 4. The zero-order chi connectivity index (χ0) is 12.3. The molecule has 6 heteroatoms. The number of halogens is 1. The van der Waals surface area contributed by atoms with Crippen LogP contribution in [0, 0.1) is 5.82 Å². The summed E-state index contributed by atoms with van der Waals surface area (Å²) < 4.78 is 15.5. The number of rotatable bonds is 4. The maximum atomic E-state index is 13.8. The van der Waals surface area contributed by atoms with Gasteiger partial charge in [-0.1, -0.05) is 6.92 Å². The first kappa shape index (κ1) is 11.5. The zero-order valence-corrected chi connectivity index (χ0v) is 9.81. The van der Waals surface area contributed by atoms with Crippen LogP contribution < -0.4 is 5.32 Å². The van der Waals surface area contributed by atoms with Gasteiger partial charge in [0.05, 0.1) is 17.9 Å². The SMILES string of the molecule is CCc1ncnc(NCc2ccnn2C)c1F. The van der Waals surface area contributed by atoms with E-state index in [9.17, 15) is 4.39 Å². The lowest BCUT2D eigenvalue weighted by Gasteiger charge is -2.08. The summed E-state index contributed by atoms with van der Waals surface area (Å²) in [5, 5.41) is 6.98. The minimum Gasteiger partial charge on any atom is -0.362 e. The highest BCUT2D eigenvalue weighted by molar-refractivity contribution is 5.37. The molecule has 2 aromatic rings. The molecule has 0 bridgehead atoms. The molecule has 0 saturated heterocycles. The monoisotopic (exact) mass is 235 g/mol. The van der Waals surface area contributed by atoms with E-state index in [-0.39, 0.29) is 11.6 Å². The van der Waals surface area contributed by atoms with Crippen molar-refractivity contribution in [3.05, 3.63) is 35.8 Å². The third-order valence-electron chi connectivity index (χ3n) is 2.56. The Morgan fingerprint density at radius 1 is 1.41 bits per heavy atom. The lowest BCUT2D eigenvalue weighted by Crippen LogP contribution is -2.09. The van der Waals surface area contributed by atoms with E-state index in [0.29, 0.717) is 18.7 Å². The molecule has 2 aromatic heterocycles. The summed E-state index contributed by atoms with van der Waals surface area (Å²) in [6, 6.07) is 1.87. The summed E-state index contributed by atoms with van der Waals surface area (Å²) in [5.74, 6) is -0.143. The Hall–Kier alpha value is -1.98. The molecule has 0 saturated carbocycles. The van der Waals surface area contributed by atoms with Crippen LogP contribution in [0.5, 0.6) is 0 Å². The maximum absolute atomic E-state index is 13.8. The first-order chi connectivity index (χ1) is 8.22. The highest BCUT2D eigenvalue weighted by Crippen LogP contribution is 2.14. The van der Waals surface area contributed by atoms with Crippen molar-refractivity contribution in [2.45, 2.75) is 19.9 Å². The normalized spacial score (nSPS) is 10.5. The van der Waals surface area contributed by atoms with Gasteiger partial charge in [0.1, 0.15) is 6.33 Å². The number of hydrogen-bond acceptors (Lipinski definition) is 4. The molecular formula is C11H14FN5. The van der Waals surface area contributed by atoms with E-state index < -0.39 is 0 Å². The van der Waals surface area contributed by atoms with Crippen molar-refractivity contribution in [1.29, 1.82) is 0 Å². The number of hydrogen-bond donors (Lipinski definition) is 1. The molecule has 5 nitrogen and oxygen atoms in total. The second-order valence-corrected chi connectivity index (χ2v) is 3.64. The van der Waals surface area contributed by atoms with Gasteiger partial charge in [0.25, 0.3) is 0 Å². The second kappa shape index (κ2) is 4.90. The van der Waals surface area contributed by atoms with Crippen LogP contribution in [0.3, 0.4) is 0 Å². The van der Waals surface area contributed by atoms with Crippen LogP contribution in [0.1, 0.15) is 18.3 Å². The average molecular weight is 235 g/mol. The standard InChI is InChI=1S/C11H14FN5/c1-3-9-10(12)11(15-7-14-9)13-6-8-4-5-16-17(8)2/h4-5,7H,3,6H2,1-2H3,(H,13,14,15). The van der Waals surface area contributed by atoms with Gasteiger partial charge in [0.2, 0.25) is 0 Å². The van der Waals surface area contributed by atoms with Gasteiger partial charge in [0.15, 0.2) is 11.6 Å². The molecule has 0 aromatic carbocycles. The molecule has 2 heterocycles. The largest absolute Gasteiger partial charge is 0.362 e. The molecule has 0 amide bonds. The summed E-state index contributed by atoms with van der Waals surface area (Å²) in [6.45, 7) is 2.34. The van der Waals surface area contributed by atoms with Crippen LogP contribution in [0.25, 0.3) is 0 Å². The van der Waals surface area contributed by atoms with Crippen molar-refractivity contribution in [3.8, 4) is 0 Å². The Balaban J connectivity index is 2.12. The van der Waals surface area contributed by atoms with E-state index >= 15 is 0 Å². The van der Waals surface area contributed by atoms with Crippen LogP contribution in [-0.2, 0) is 20.0 Å². The number of nitrogens with one attached hydrogen (secondary N) is 1. The summed E-state index contributed by atoms with van der Waals surface area (Å²) in [6.07, 6.45) is 3.62. The van der Waals surface area contributed by atoms with Gasteiger partial charge < -0.3 is 5.32 Å². The van der Waals surface area contributed by atoms with E-state index in [1.165, 1.54) is 6.33 Å². The summed E-state index contributed by atoms with van der Waals surface area (Å²) in [7, 11) is 1.84. The molecular weight excluding hydrogens is 221 g/mol. The number of anilines is 1. The summed E-state index contributed by atoms with van der Waals surface area (Å²) >= 11 is 0. The molecule has 0 aliphatic rings. The minimum atomic E-state index is -0.378. The predicted molar refractivity (Wildman–Crippen MR) is 61.9 cm³/mol. The quantitative estimate of drug-likeness (QED) is 0.873. The molecule has 0 aliphatic carbocycles. The molecule has 1 N–H and O–H groups in total. The van der Waals surface area contributed by atoms with Crippen molar-refractivity contribution < 1.29 is 4.39 Å².